The summed E-state index contributed by atoms with van der Waals surface area (Å²) in [6.07, 6.45) is -3.77. The maximum absolute atomic E-state index is 12.4. The standard InChI is InChI=1S/C21H24F3NO2/c1-2-25-13-12-19(17-8-10-18(11-9-17)27-21(22,23)24)20(14-25)26-15-16-6-4-3-5-7-16/h3-11,19-20H,2,12-15H2,1H3. The molecular weight excluding hydrogens is 355 g/mol. The molecule has 0 radical (unpaired) electrons. The lowest BCUT2D eigenvalue weighted by Gasteiger charge is -2.38. The van der Waals surface area contributed by atoms with Gasteiger partial charge in [0.25, 0.3) is 0 Å². The van der Waals surface area contributed by atoms with Crippen LogP contribution in [0.5, 0.6) is 5.75 Å². The van der Waals surface area contributed by atoms with E-state index in [4.69, 9.17) is 4.74 Å². The first-order chi connectivity index (χ1) is 12.9. The van der Waals surface area contributed by atoms with Crippen molar-refractivity contribution in [2.45, 2.75) is 38.3 Å². The molecule has 3 nitrogen and oxygen atoms in total. The van der Waals surface area contributed by atoms with Crippen LogP contribution in [0.25, 0.3) is 0 Å². The van der Waals surface area contributed by atoms with Crippen LogP contribution in [-0.4, -0.2) is 37.0 Å². The normalized spacial score (nSPS) is 21.2. The Morgan fingerprint density at radius 2 is 1.74 bits per heavy atom. The van der Waals surface area contributed by atoms with Crippen molar-refractivity contribution < 1.29 is 22.6 Å². The van der Waals surface area contributed by atoms with Gasteiger partial charge in [-0.15, -0.1) is 13.2 Å². The van der Waals surface area contributed by atoms with Gasteiger partial charge in [0.1, 0.15) is 5.75 Å². The second kappa shape index (κ2) is 8.76. The summed E-state index contributed by atoms with van der Waals surface area (Å²) in [4.78, 5) is 2.34. The second-order valence-corrected chi connectivity index (χ2v) is 6.74. The number of likely N-dealkylation sites (N-methyl/N-ethyl adjacent to an activating group) is 1. The number of ether oxygens (including phenoxy) is 2. The molecule has 1 fully saturated rings. The largest absolute Gasteiger partial charge is 0.573 e. The van der Waals surface area contributed by atoms with E-state index in [1.807, 2.05) is 30.3 Å². The lowest BCUT2D eigenvalue weighted by Crippen LogP contribution is -2.43. The van der Waals surface area contributed by atoms with Gasteiger partial charge in [-0.05, 0) is 42.8 Å². The van der Waals surface area contributed by atoms with E-state index in [0.717, 1.165) is 37.2 Å². The van der Waals surface area contributed by atoms with Crippen LogP contribution in [-0.2, 0) is 11.3 Å². The molecule has 0 saturated carbocycles. The van der Waals surface area contributed by atoms with Crippen molar-refractivity contribution in [3.63, 3.8) is 0 Å². The summed E-state index contributed by atoms with van der Waals surface area (Å²) >= 11 is 0. The van der Waals surface area contributed by atoms with Gasteiger partial charge in [0.05, 0.1) is 12.7 Å². The number of hydrogen-bond donors (Lipinski definition) is 0. The third-order valence-electron chi connectivity index (χ3n) is 4.94. The zero-order valence-corrected chi connectivity index (χ0v) is 15.3. The Kier molecular flexibility index (Phi) is 6.39. The van der Waals surface area contributed by atoms with E-state index in [9.17, 15) is 13.2 Å². The Morgan fingerprint density at radius 3 is 2.37 bits per heavy atom. The first-order valence-electron chi connectivity index (χ1n) is 9.18. The Morgan fingerprint density at radius 1 is 1.04 bits per heavy atom. The number of rotatable bonds is 6. The summed E-state index contributed by atoms with van der Waals surface area (Å²) in [6.45, 7) is 5.37. The van der Waals surface area contributed by atoms with E-state index in [-0.39, 0.29) is 17.8 Å². The highest BCUT2D eigenvalue weighted by atomic mass is 19.4. The molecular formula is C21H24F3NO2. The molecule has 0 spiro atoms. The van der Waals surface area contributed by atoms with Crippen molar-refractivity contribution >= 4 is 0 Å². The quantitative estimate of drug-likeness (QED) is 0.707. The number of likely N-dealkylation sites (tertiary alicyclic amines) is 1. The van der Waals surface area contributed by atoms with Crippen LogP contribution in [0, 0.1) is 0 Å². The number of nitrogens with zero attached hydrogens (tertiary/aromatic N) is 1. The number of alkyl halides is 3. The SMILES string of the molecule is CCN1CCC(c2ccc(OC(F)(F)F)cc2)C(OCc2ccccc2)C1. The molecule has 3 rings (SSSR count). The minimum atomic E-state index is -4.67. The molecule has 0 bridgehead atoms. The van der Waals surface area contributed by atoms with Crippen LogP contribution in [0.1, 0.15) is 30.4 Å². The highest BCUT2D eigenvalue weighted by molar-refractivity contribution is 5.30. The fraction of sp³-hybridized carbons (Fsp3) is 0.429. The maximum atomic E-state index is 12.4. The van der Waals surface area contributed by atoms with Gasteiger partial charge in [-0.25, -0.2) is 0 Å². The lowest BCUT2D eigenvalue weighted by atomic mass is 9.87. The first-order valence-corrected chi connectivity index (χ1v) is 9.18. The van der Waals surface area contributed by atoms with Crippen LogP contribution in [0.2, 0.25) is 0 Å². The van der Waals surface area contributed by atoms with Gasteiger partial charge >= 0.3 is 6.36 Å². The molecule has 1 heterocycles. The van der Waals surface area contributed by atoms with Gasteiger partial charge in [-0.3, -0.25) is 0 Å². The van der Waals surface area contributed by atoms with Crippen LogP contribution in [0.3, 0.4) is 0 Å². The Bertz CT molecular complexity index is 704. The topological polar surface area (TPSA) is 21.7 Å². The van der Waals surface area contributed by atoms with Crippen molar-refractivity contribution in [1.29, 1.82) is 0 Å². The van der Waals surface area contributed by atoms with Crippen LogP contribution in [0.4, 0.5) is 13.2 Å². The zero-order chi connectivity index (χ0) is 19.3. The number of piperidine rings is 1. The van der Waals surface area contributed by atoms with E-state index < -0.39 is 6.36 Å². The predicted molar refractivity (Wildman–Crippen MR) is 97.6 cm³/mol. The van der Waals surface area contributed by atoms with Crippen molar-refractivity contribution in [2.75, 3.05) is 19.6 Å². The molecule has 0 N–H and O–H groups in total. The Labute approximate surface area is 157 Å². The summed E-state index contributed by atoms with van der Waals surface area (Å²) in [5.74, 6) is -0.0459. The van der Waals surface area contributed by atoms with Crippen LogP contribution >= 0.6 is 0 Å². The summed E-state index contributed by atoms with van der Waals surface area (Å²) in [5, 5.41) is 0. The van der Waals surface area contributed by atoms with Crippen LogP contribution < -0.4 is 4.74 Å². The van der Waals surface area contributed by atoms with Gasteiger partial charge in [0.2, 0.25) is 0 Å². The third-order valence-corrected chi connectivity index (χ3v) is 4.94. The molecule has 1 saturated heterocycles. The molecule has 1 aliphatic heterocycles. The second-order valence-electron chi connectivity index (χ2n) is 6.74. The van der Waals surface area contributed by atoms with Gasteiger partial charge in [0, 0.05) is 12.5 Å². The molecule has 2 aromatic carbocycles. The van der Waals surface area contributed by atoms with Gasteiger partial charge in [-0.1, -0.05) is 49.4 Å². The third kappa shape index (κ3) is 5.71. The summed E-state index contributed by atoms with van der Waals surface area (Å²) in [7, 11) is 0. The molecule has 6 heteroatoms. The minimum Gasteiger partial charge on any atom is -0.406 e. The first kappa shape index (κ1) is 19.7. The van der Waals surface area contributed by atoms with Gasteiger partial charge in [0.15, 0.2) is 0 Å². The Balaban J connectivity index is 1.70. The summed E-state index contributed by atoms with van der Waals surface area (Å²) in [6, 6.07) is 16.2. The average molecular weight is 379 g/mol. The zero-order valence-electron chi connectivity index (χ0n) is 15.3. The van der Waals surface area contributed by atoms with Crippen molar-refractivity contribution in [3.05, 3.63) is 65.7 Å². The van der Waals surface area contributed by atoms with E-state index >= 15 is 0 Å². The van der Waals surface area contributed by atoms with E-state index in [2.05, 4.69) is 16.6 Å². The maximum Gasteiger partial charge on any atom is 0.573 e. The van der Waals surface area contributed by atoms with Gasteiger partial charge in [-0.2, -0.15) is 0 Å². The van der Waals surface area contributed by atoms with Gasteiger partial charge < -0.3 is 14.4 Å². The van der Waals surface area contributed by atoms with Crippen molar-refractivity contribution in [1.82, 2.24) is 4.90 Å². The molecule has 0 amide bonds. The molecule has 2 unspecified atom stereocenters. The number of halogens is 3. The molecule has 2 atom stereocenters. The molecule has 27 heavy (non-hydrogen) atoms. The fourth-order valence-electron chi connectivity index (χ4n) is 3.51. The van der Waals surface area contributed by atoms with E-state index in [1.165, 1.54) is 12.1 Å². The average Bonchev–Trinajstić information content (AvgIpc) is 2.66. The smallest absolute Gasteiger partial charge is 0.406 e. The summed E-state index contributed by atoms with van der Waals surface area (Å²) in [5.41, 5.74) is 2.09. The molecule has 146 valence electrons. The highest BCUT2D eigenvalue weighted by Gasteiger charge is 2.32. The molecule has 0 aromatic heterocycles. The number of benzene rings is 2. The van der Waals surface area contributed by atoms with E-state index in [0.29, 0.717) is 6.61 Å². The number of hydrogen-bond acceptors (Lipinski definition) is 3. The minimum absolute atomic E-state index is 0.00621. The highest BCUT2D eigenvalue weighted by Crippen LogP contribution is 2.33. The lowest BCUT2D eigenvalue weighted by molar-refractivity contribution is -0.274. The van der Waals surface area contributed by atoms with Crippen molar-refractivity contribution in [3.8, 4) is 5.75 Å². The monoisotopic (exact) mass is 379 g/mol. The van der Waals surface area contributed by atoms with Crippen molar-refractivity contribution in [2.24, 2.45) is 0 Å². The van der Waals surface area contributed by atoms with Crippen LogP contribution in [0.15, 0.2) is 54.6 Å². The molecule has 0 aliphatic carbocycles. The molecule has 2 aromatic rings. The summed E-state index contributed by atoms with van der Waals surface area (Å²) < 4.78 is 47.3. The Hall–Kier alpha value is -2.05. The molecule has 1 aliphatic rings. The fourth-order valence-corrected chi connectivity index (χ4v) is 3.51. The predicted octanol–water partition coefficient (Wildman–Crippen LogP) is 4.98. The van der Waals surface area contributed by atoms with E-state index in [1.54, 1.807) is 12.1 Å².